The van der Waals surface area contributed by atoms with Crippen molar-refractivity contribution in [3.8, 4) is 0 Å². The fraction of sp³-hybridized carbons (Fsp3) is 1.00. The molecule has 0 fully saturated rings. The van der Waals surface area contributed by atoms with Crippen LogP contribution in [-0.2, 0) is 0 Å². The summed E-state index contributed by atoms with van der Waals surface area (Å²) in [6, 6.07) is 0. The normalized spacial score (nSPS) is 13.6. The van der Waals surface area contributed by atoms with Crippen molar-refractivity contribution in [2.75, 3.05) is 12.0 Å². The summed E-state index contributed by atoms with van der Waals surface area (Å²) in [7, 11) is 0. The Morgan fingerprint density at radius 3 is 1.73 bits per heavy atom. The van der Waals surface area contributed by atoms with Gasteiger partial charge in [0.2, 0.25) is 0 Å². The summed E-state index contributed by atoms with van der Waals surface area (Å²) in [4.78, 5) is 0. The molecule has 11 heavy (non-hydrogen) atoms. The zero-order valence-corrected chi connectivity index (χ0v) is 9.64. The molecule has 68 valence electrons. The van der Waals surface area contributed by atoms with Crippen LogP contribution in [0.25, 0.3) is 0 Å². The predicted octanol–water partition coefficient (Wildman–Crippen LogP) is 3.81. The zero-order valence-electron chi connectivity index (χ0n) is 8.82. The minimum absolute atomic E-state index is 0.433. The Hall–Kier alpha value is 0.350. The van der Waals surface area contributed by atoms with Gasteiger partial charge in [-0.1, -0.05) is 34.6 Å². The Bertz CT molecular complexity index is 109. The van der Waals surface area contributed by atoms with E-state index in [-0.39, 0.29) is 0 Å². The first kappa shape index (κ1) is 11.4. The molecule has 0 aromatic carbocycles. The van der Waals surface area contributed by atoms with E-state index in [9.17, 15) is 0 Å². The largest absolute Gasteiger partial charge is 0.165 e. The average Bonchev–Trinajstić information content (AvgIpc) is 1.81. The van der Waals surface area contributed by atoms with Crippen molar-refractivity contribution in [1.29, 1.82) is 0 Å². The highest BCUT2D eigenvalue weighted by atomic mass is 32.2. The SMILES string of the molecule is CSCCC(C)(C)C(C)(C)C. The smallest absolute Gasteiger partial charge is 0.00650 e. The molecule has 0 rings (SSSR count). The molecule has 0 saturated carbocycles. The van der Waals surface area contributed by atoms with Gasteiger partial charge in [0, 0.05) is 0 Å². The van der Waals surface area contributed by atoms with Crippen molar-refractivity contribution in [2.45, 2.75) is 41.0 Å². The van der Waals surface area contributed by atoms with E-state index < -0.39 is 0 Å². The van der Waals surface area contributed by atoms with Gasteiger partial charge < -0.3 is 0 Å². The highest BCUT2D eigenvalue weighted by molar-refractivity contribution is 7.98. The van der Waals surface area contributed by atoms with Crippen LogP contribution in [0.2, 0.25) is 0 Å². The van der Waals surface area contributed by atoms with Gasteiger partial charge in [-0.05, 0) is 29.3 Å². The summed E-state index contributed by atoms with van der Waals surface area (Å²) in [5, 5.41) is 0. The van der Waals surface area contributed by atoms with Crippen molar-refractivity contribution >= 4 is 11.8 Å². The zero-order chi connectivity index (χ0) is 9.12. The molecule has 0 N–H and O–H groups in total. The second-order valence-corrected chi connectivity index (χ2v) is 5.86. The second-order valence-electron chi connectivity index (χ2n) is 4.88. The van der Waals surface area contributed by atoms with E-state index >= 15 is 0 Å². The van der Waals surface area contributed by atoms with E-state index in [1.165, 1.54) is 12.2 Å². The van der Waals surface area contributed by atoms with E-state index in [0.717, 1.165) is 0 Å². The Morgan fingerprint density at radius 2 is 1.45 bits per heavy atom. The maximum atomic E-state index is 2.36. The van der Waals surface area contributed by atoms with Crippen LogP contribution >= 0.6 is 11.8 Å². The van der Waals surface area contributed by atoms with Crippen molar-refractivity contribution in [3.05, 3.63) is 0 Å². The summed E-state index contributed by atoms with van der Waals surface area (Å²) < 4.78 is 0. The summed E-state index contributed by atoms with van der Waals surface area (Å²) in [5.41, 5.74) is 0.902. The molecule has 0 unspecified atom stereocenters. The van der Waals surface area contributed by atoms with Crippen LogP contribution in [0, 0.1) is 10.8 Å². The van der Waals surface area contributed by atoms with Gasteiger partial charge in [0.15, 0.2) is 0 Å². The Morgan fingerprint density at radius 1 is 1.00 bits per heavy atom. The van der Waals surface area contributed by atoms with Crippen LogP contribution in [-0.4, -0.2) is 12.0 Å². The van der Waals surface area contributed by atoms with Crippen molar-refractivity contribution in [1.82, 2.24) is 0 Å². The van der Waals surface area contributed by atoms with E-state index in [1.807, 2.05) is 11.8 Å². The number of rotatable bonds is 3. The van der Waals surface area contributed by atoms with Gasteiger partial charge in [-0.25, -0.2) is 0 Å². The van der Waals surface area contributed by atoms with Crippen LogP contribution in [0.1, 0.15) is 41.0 Å². The highest BCUT2D eigenvalue weighted by Crippen LogP contribution is 2.41. The third-order valence-corrected chi connectivity index (χ3v) is 3.57. The minimum atomic E-state index is 0.433. The Balaban J connectivity index is 4.00. The molecular weight excluding hydrogens is 152 g/mol. The van der Waals surface area contributed by atoms with Crippen LogP contribution in [0.5, 0.6) is 0 Å². The number of hydrogen-bond acceptors (Lipinski definition) is 1. The summed E-state index contributed by atoms with van der Waals surface area (Å²) in [6.07, 6.45) is 3.50. The lowest BCUT2D eigenvalue weighted by atomic mass is 9.68. The molecule has 0 spiro atoms. The predicted molar refractivity (Wildman–Crippen MR) is 56.2 cm³/mol. The van der Waals surface area contributed by atoms with E-state index in [2.05, 4.69) is 40.9 Å². The first-order chi connectivity index (χ1) is 4.81. The summed E-state index contributed by atoms with van der Waals surface area (Å²) >= 11 is 1.94. The molecule has 0 aromatic rings. The van der Waals surface area contributed by atoms with Crippen LogP contribution in [0.4, 0.5) is 0 Å². The van der Waals surface area contributed by atoms with Gasteiger partial charge in [0.25, 0.3) is 0 Å². The van der Waals surface area contributed by atoms with Crippen LogP contribution in [0.15, 0.2) is 0 Å². The molecule has 0 bridgehead atoms. The first-order valence-corrected chi connectivity index (χ1v) is 5.69. The number of thioether (sulfide) groups is 1. The third kappa shape index (κ3) is 3.50. The molecule has 0 nitrogen and oxygen atoms in total. The molecule has 0 aliphatic rings. The topological polar surface area (TPSA) is 0 Å². The molecule has 0 radical (unpaired) electrons. The molecule has 0 aromatic heterocycles. The molecule has 0 aliphatic heterocycles. The van der Waals surface area contributed by atoms with E-state index in [4.69, 9.17) is 0 Å². The quantitative estimate of drug-likeness (QED) is 0.627. The lowest BCUT2D eigenvalue weighted by Crippen LogP contribution is -2.30. The Kier molecular flexibility index (Phi) is 3.96. The lowest BCUT2D eigenvalue weighted by Gasteiger charge is -2.38. The highest BCUT2D eigenvalue weighted by Gasteiger charge is 2.31. The molecule has 0 heterocycles. The second kappa shape index (κ2) is 3.84. The first-order valence-electron chi connectivity index (χ1n) is 4.30. The lowest BCUT2D eigenvalue weighted by molar-refractivity contribution is 0.128. The van der Waals surface area contributed by atoms with Gasteiger partial charge in [0.05, 0.1) is 0 Å². The van der Waals surface area contributed by atoms with Gasteiger partial charge >= 0.3 is 0 Å². The van der Waals surface area contributed by atoms with Gasteiger partial charge in [-0.15, -0.1) is 0 Å². The molecule has 0 aliphatic carbocycles. The molecule has 0 atom stereocenters. The fourth-order valence-electron chi connectivity index (χ4n) is 0.732. The molecule has 1 heteroatoms. The molecule has 0 saturated heterocycles. The van der Waals surface area contributed by atoms with Crippen LogP contribution in [0.3, 0.4) is 0 Å². The summed E-state index contributed by atoms with van der Waals surface area (Å²) in [5.74, 6) is 1.28. The van der Waals surface area contributed by atoms with Crippen molar-refractivity contribution in [2.24, 2.45) is 10.8 Å². The fourth-order valence-corrected chi connectivity index (χ4v) is 1.45. The van der Waals surface area contributed by atoms with E-state index in [1.54, 1.807) is 0 Å². The van der Waals surface area contributed by atoms with Crippen molar-refractivity contribution < 1.29 is 0 Å². The van der Waals surface area contributed by atoms with Gasteiger partial charge in [0.1, 0.15) is 0 Å². The maximum Gasteiger partial charge on any atom is -0.00650 e. The van der Waals surface area contributed by atoms with Crippen molar-refractivity contribution in [3.63, 3.8) is 0 Å². The standard InChI is InChI=1S/C10H22S/c1-9(2,3)10(4,5)7-8-11-6/h7-8H2,1-6H3. The Labute approximate surface area is 76.1 Å². The molecule has 0 amide bonds. The molecular formula is C10H22S. The average molecular weight is 174 g/mol. The summed E-state index contributed by atoms with van der Waals surface area (Å²) in [6.45, 7) is 11.7. The maximum absolute atomic E-state index is 2.36. The van der Waals surface area contributed by atoms with Crippen LogP contribution < -0.4 is 0 Å². The van der Waals surface area contributed by atoms with Gasteiger partial charge in [-0.2, -0.15) is 11.8 Å². The van der Waals surface area contributed by atoms with Gasteiger partial charge in [-0.3, -0.25) is 0 Å². The monoisotopic (exact) mass is 174 g/mol. The van der Waals surface area contributed by atoms with E-state index in [0.29, 0.717) is 10.8 Å². The minimum Gasteiger partial charge on any atom is -0.165 e. The number of hydrogen-bond donors (Lipinski definition) is 0. The third-order valence-electron chi connectivity index (χ3n) is 2.96.